The standard InChI is InChI=1S/C13H19NO2/c1-5-9-8-10-6-7-11(9)14(10)12(15)16-13(2,3)4/h1,9-11H,6-8H2,2-4H3. The van der Waals surface area contributed by atoms with Crippen LogP contribution in [-0.4, -0.2) is 28.7 Å². The Morgan fingerprint density at radius 3 is 2.62 bits per heavy atom. The molecule has 3 nitrogen and oxygen atoms in total. The van der Waals surface area contributed by atoms with Gasteiger partial charge in [0.05, 0.1) is 0 Å². The Morgan fingerprint density at radius 1 is 1.44 bits per heavy atom. The molecular weight excluding hydrogens is 202 g/mol. The third-order valence-electron chi connectivity index (χ3n) is 3.36. The number of carbonyl (C=O) groups excluding carboxylic acids is 1. The second kappa shape index (κ2) is 3.69. The van der Waals surface area contributed by atoms with E-state index in [0.29, 0.717) is 6.04 Å². The number of rotatable bonds is 0. The summed E-state index contributed by atoms with van der Waals surface area (Å²) in [5, 5.41) is 0. The minimum Gasteiger partial charge on any atom is -0.444 e. The Kier molecular flexibility index (Phi) is 2.61. The fourth-order valence-electron chi connectivity index (χ4n) is 2.77. The first-order valence-electron chi connectivity index (χ1n) is 5.90. The third kappa shape index (κ3) is 1.89. The fraction of sp³-hybridized carbons (Fsp3) is 0.769. The van der Waals surface area contributed by atoms with Gasteiger partial charge in [-0.2, -0.15) is 0 Å². The van der Waals surface area contributed by atoms with Crippen molar-refractivity contribution in [3.05, 3.63) is 0 Å². The maximum absolute atomic E-state index is 12.0. The molecule has 2 heterocycles. The van der Waals surface area contributed by atoms with Crippen LogP contribution < -0.4 is 0 Å². The van der Waals surface area contributed by atoms with Crippen molar-refractivity contribution >= 4 is 6.09 Å². The first kappa shape index (κ1) is 11.3. The SMILES string of the molecule is C#CC1CC2CCC1N2C(=O)OC(C)(C)C. The van der Waals surface area contributed by atoms with Gasteiger partial charge in [-0.1, -0.05) is 0 Å². The Balaban J connectivity index is 2.07. The molecule has 3 atom stereocenters. The van der Waals surface area contributed by atoms with Gasteiger partial charge in [-0.15, -0.1) is 12.3 Å². The van der Waals surface area contributed by atoms with Gasteiger partial charge in [-0.25, -0.2) is 4.79 Å². The van der Waals surface area contributed by atoms with E-state index < -0.39 is 5.60 Å². The van der Waals surface area contributed by atoms with Gasteiger partial charge in [0.15, 0.2) is 0 Å². The molecule has 0 saturated carbocycles. The number of amides is 1. The summed E-state index contributed by atoms with van der Waals surface area (Å²) in [6, 6.07) is 0.519. The summed E-state index contributed by atoms with van der Waals surface area (Å²) in [5.74, 6) is 3.02. The van der Waals surface area contributed by atoms with Gasteiger partial charge in [-0.05, 0) is 40.0 Å². The van der Waals surface area contributed by atoms with E-state index in [0.717, 1.165) is 19.3 Å². The quantitative estimate of drug-likeness (QED) is 0.588. The Hall–Kier alpha value is -1.17. The zero-order valence-corrected chi connectivity index (χ0v) is 10.2. The molecule has 16 heavy (non-hydrogen) atoms. The molecule has 2 aliphatic rings. The minimum absolute atomic E-state index is 0.197. The van der Waals surface area contributed by atoms with Crippen LogP contribution in [0.5, 0.6) is 0 Å². The number of carbonyl (C=O) groups is 1. The summed E-state index contributed by atoms with van der Waals surface area (Å²) >= 11 is 0. The number of nitrogens with zero attached hydrogens (tertiary/aromatic N) is 1. The lowest BCUT2D eigenvalue weighted by atomic mass is 9.90. The van der Waals surface area contributed by atoms with Gasteiger partial charge in [-0.3, -0.25) is 0 Å². The number of hydrogen-bond acceptors (Lipinski definition) is 2. The highest BCUT2D eigenvalue weighted by molar-refractivity contribution is 5.70. The third-order valence-corrected chi connectivity index (χ3v) is 3.36. The molecule has 0 N–H and O–H groups in total. The zero-order valence-electron chi connectivity index (χ0n) is 10.2. The molecule has 3 unspecified atom stereocenters. The van der Waals surface area contributed by atoms with Crippen LogP contribution in [0.3, 0.4) is 0 Å². The van der Waals surface area contributed by atoms with Crippen molar-refractivity contribution in [3.63, 3.8) is 0 Å². The normalized spacial score (nSPS) is 32.6. The van der Waals surface area contributed by atoms with Crippen LogP contribution in [0.4, 0.5) is 4.79 Å². The van der Waals surface area contributed by atoms with Gasteiger partial charge < -0.3 is 9.64 Å². The molecule has 0 aromatic rings. The van der Waals surface area contributed by atoms with Crippen molar-refractivity contribution in [2.24, 2.45) is 5.92 Å². The molecule has 2 fully saturated rings. The summed E-state index contributed by atoms with van der Waals surface area (Å²) in [6.45, 7) is 5.67. The van der Waals surface area contributed by atoms with E-state index in [2.05, 4.69) is 5.92 Å². The fourth-order valence-corrected chi connectivity index (χ4v) is 2.77. The van der Waals surface area contributed by atoms with Gasteiger partial charge in [0.1, 0.15) is 5.60 Å². The largest absolute Gasteiger partial charge is 0.444 e. The highest BCUT2D eigenvalue weighted by Gasteiger charge is 2.49. The predicted octanol–water partition coefficient (Wildman–Crippen LogP) is 2.41. The van der Waals surface area contributed by atoms with Gasteiger partial charge in [0.2, 0.25) is 0 Å². The van der Waals surface area contributed by atoms with Crippen LogP contribution in [0.1, 0.15) is 40.0 Å². The van der Waals surface area contributed by atoms with E-state index in [1.165, 1.54) is 0 Å². The minimum atomic E-state index is -0.426. The highest BCUT2D eigenvalue weighted by atomic mass is 16.6. The van der Waals surface area contributed by atoms with E-state index in [1.807, 2.05) is 25.7 Å². The summed E-state index contributed by atoms with van der Waals surface area (Å²) in [7, 11) is 0. The maximum Gasteiger partial charge on any atom is 0.410 e. The molecule has 2 bridgehead atoms. The molecule has 2 saturated heterocycles. The Morgan fingerprint density at radius 2 is 2.12 bits per heavy atom. The van der Waals surface area contributed by atoms with Gasteiger partial charge in [0.25, 0.3) is 0 Å². The van der Waals surface area contributed by atoms with Crippen molar-refractivity contribution in [1.29, 1.82) is 0 Å². The number of terminal acetylenes is 1. The summed E-state index contributed by atoms with van der Waals surface area (Å²) in [6.07, 6.45) is 8.33. The number of ether oxygens (including phenoxy) is 1. The van der Waals surface area contributed by atoms with E-state index in [4.69, 9.17) is 11.2 Å². The van der Waals surface area contributed by atoms with Crippen LogP contribution in [0.25, 0.3) is 0 Å². The number of fused-ring (bicyclic) bond motifs is 2. The van der Waals surface area contributed by atoms with E-state index >= 15 is 0 Å². The van der Waals surface area contributed by atoms with Crippen molar-refractivity contribution in [2.75, 3.05) is 0 Å². The van der Waals surface area contributed by atoms with E-state index in [-0.39, 0.29) is 18.1 Å². The smallest absolute Gasteiger partial charge is 0.410 e. The average molecular weight is 221 g/mol. The average Bonchev–Trinajstić information content (AvgIpc) is 2.70. The summed E-state index contributed by atoms with van der Waals surface area (Å²) in [5.41, 5.74) is -0.426. The first-order chi connectivity index (χ1) is 7.42. The molecule has 0 spiro atoms. The molecule has 1 amide bonds. The Bertz CT molecular complexity index is 337. The zero-order chi connectivity index (χ0) is 11.9. The maximum atomic E-state index is 12.0. The van der Waals surface area contributed by atoms with Crippen LogP contribution in [0.15, 0.2) is 0 Å². The molecule has 2 aliphatic heterocycles. The predicted molar refractivity (Wildman–Crippen MR) is 61.8 cm³/mol. The molecule has 0 aromatic heterocycles. The van der Waals surface area contributed by atoms with E-state index in [1.54, 1.807) is 0 Å². The lowest BCUT2D eigenvalue weighted by Crippen LogP contribution is -2.40. The van der Waals surface area contributed by atoms with Crippen molar-refractivity contribution in [1.82, 2.24) is 4.90 Å². The summed E-state index contributed by atoms with van der Waals surface area (Å²) < 4.78 is 5.41. The van der Waals surface area contributed by atoms with Crippen LogP contribution in [0.2, 0.25) is 0 Å². The van der Waals surface area contributed by atoms with Gasteiger partial charge in [0, 0.05) is 18.0 Å². The molecule has 0 aliphatic carbocycles. The molecule has 0 aromatic carbocycles. The summed E-state index contributed by atoms with van der Waals surface area (Å²) in [4.78, 5) is 13.9. The van der Waals surface area contributed by atoms with Crippen molar-refractivity contribution in [3.8, 4) is 12.3 Å². The molecule has 2 rings (SSSR count). The highest BCUT2D eigenvalue weighted by Crippen LogP contribution is 2.41. The van der Waals surface area contributed by atoms with Crippen LogP contribution in [0, 0.1) is 18.3 Å². The Labute approximate surface area is 97.1 Å². The first-order valence-corrected chi connectivity index (χ1v) is 5.90. The molecule has 3 heteroatoms. The van der Waals surface area contributed by atoms with E-state index in [9.17, 15) is 4.79 Å². The second-order valence-corrected chi connectivity index (χ2v) is 5.69. The van der Waals surface area contributed by atoms with Crippen LogP contribution >= 0.6 is 0 Å². The monoisotopic (exact) mass is 221 g/mol. The molecule has 88 valence electrons. The number of hydrogen-bond donors (Lipinski definition) is 0. The van der Waals surface area contributed by atoms with Crippen LogP contribution in [-0.2, 0) is 4.74 Å². The van der Waals surface area contributed by atoms with Crippen molar-refractivity contribution in [2.45, 2.75) is 57.7 Å². The topological polar surface area (TPSA) is 29.5 Å². The van der Waals surface area contributed by atoms with Gasteiger partial charge >= 0.3 is 6.09 Å². The second-order valence-electron chi connectivity index (χ2n) is 5.69. The molecular formula is C13H19NO2. The lowest BCUT2D eigenvalue weighted by Gasteiger charge is -2.27. The van der Waals surface area contributed by atoms with Crippen molar-refractivity contribution < 1.29 is 9.53 Å². The molecule has 0 radical (unpaired) electrons. The lowest BCUT2D eigenvalue weighted by molar-refractivity contribution is 0.0211.